The molecule has 0 heterocycles. The van der Waals surface area contributed by atoms with Crippen molar-refractivity contribution in [3.8, 4) is 0 Å². The van der Waals surface area contributed by atoms with Crippen LogP contribution < -0.4 is 5.32 Å². The van der Waals surface area contributed by atoms with Gasteiger partial charge in [-0.15, -0.1) is 0 Å². The van der Waals surface area contributed by atoms with Gasteiger partial charge in [0.1, 0.15) is 0 Å². The molecule has 0 saturated heterocycles. The second-order valence-electron chi connectivity index (χ2n) is 5.03. The summed E-state index contributed by atoms with van der Waals surface area (Å²) in [6, 6.07) is 7.68. The lowest BCUT2D eigenvalue weighted by Crippen LogP contribution is -2.35. The van der Waals surface area contributed by atoms with Gasteiger partial charge in [-0.05, 0) is 44.6 Å². The Hall–Kier alpha value is -1.39. The second kappa shape index (κ2) is 7.92. The summed E-state index contributed by atoms with van der Waals surface area (Å²) in [4.78, 5) is 14.1. The summed E-state index contributed by atoms with van der Waals surface area (Å²) < 4.78 is 0. The normalized spacial score (nSPS) is 12.5. The Labute approximate surface area is 115 Å². The zero-order valence-electron chi connectivity index (χ0n) is 12.0. The molecule has 0 aliphatic heterocycles. The minimum atomic E-state index is -0.0725. The fourth-order valence-corrected chi connectivity index (χ4v) is 1.93. The van der Waals surface area contributed by atoms with Gasteiger partial charge >= 0.3 is 0 Å². The van der Waals surface area contributed by atoms with Crippen molar-refractivity contribution in [2.24, 2.45) is 0 Å². The SMILES string of the molecule is CCC(CCO)NC(=O)c1ccc(CN(C)C)cc1. The summed E-state index contributed by atoms with van der Waals surface area (Å²) in [6.07, 6.45) is 1.42. The van der Waals surface area contributed by atoms with E-state index in [-0.39, 0.29) is 18.6 Å². The molecule has 1 atom stereocenters. The fraction of sp³-hybridized carbons (Fsp3) is 0.533. The van der Waals surface area contributed by atoms with E-state index >= 15 is 0 Å². The Morgan fingerprint density at radius 3 is 2.42 bits per heavy atom. The minimum Gasteiger partial charge on any atom is -0.396 e. The van der Waals surface area contributed by atoms with Crippen LogP contribution in [0.15, 0.2) is 24.3 Å². The number of hydrogen-bond donors (Lipinski definition) is 2. The summed E-state index contributed by atoms with van der Waals surface area (Å²) in [5, 5.41) is 11.9. The van der Waals surface area contributed by atoms with E-state index < -0.39 is 0 Å². The number of benzene rings is 1. The van der Waals surface area contributed by atoms with Gasteiger partial charge < -0.3 is 15.3 Å². The molecule has 4 heteroatoms. The Morgan fingerprint density at radius 2 is 1.95 bits per heavy atom. The Bertz CT molecular complexity index is 388. The van der Waals surface area contributed by atoms with Crippen molar-refractivity contribution >= 4 is 5.91 Å². The van der Waals surface area contributed by atoms with Crippen LogP contribution in [-0.2, 0) is 6.54 Å². The number of hydrogen-bond acceptors (Lipinski definition) is 3. The van der Waals surface area contributed by atoms with Gasteiger partial charge in [0, 0.05) is 24.8 Å². The highest BCUT2D eigenvalue weighted by molar-refractivity contribution is 5.94. The number of aliphatic hydroxyl groups excluding tert-OH is 1. The summed E-state index contributed by atoms with van der Waals surface area (Å²) in [7, 11) is 4.03. The third-order valence-corrected chi connectivity index (χ3v) is 3.02. The maximum absolute atomic E-state index is 12.0. The molecule has 1 unspecified atom stereocenters. The predicted molar refractivity (Wildman–Crippen MR) is 77.1 cm³/mol. The molecule has 0 aliphatic carbocycles. The van der Waals surface area contributed by atoms with E-state index in [2.05, 4.69) is 10.2 Å². The first kappa shape index (κ1) is 15.7. The van der Waals surface area contributed by atoms with Crippen molar-refractivity contribution in [3.05, 3.63) is 35.4 Å². The zero-order valence-corrected chi connectivity index (χ0v) is 12.0. The van der Waals surface area contributed by atoms with Crippen molar-refractivity contribution < 1.29 is 9.90 Å². The van der Waals surface area contributed by atoms with Crippen LogP contribution >= 0.6 is 0 Å². The minimum absolute atomic E-state index is 0.0407. The molecule has 106 valence electrons. The van der Waals surface area contributed by atoms with E-state index in [1.54, 1.807) is 0 Å². The van der Waals surface area contributed by atoms with Crippen LogP contribution in [-0.4, -0.2) is 42.7 Å². The summed E-state index contributed by atoms with van der Waals surface area (Å²) >= 11 is 0. The smallest absolute Gasteiger partial charge is 0.251 e. The summed E-state index contributed by atoms with van der Waals surface area (Å²) in [5.41, 5.74) is 1.85. The highest BCUT2D eigenvalue weighted by atomic mass is 16.3. The van der Waals surface area contributed by atoms with Gasteiger partial charge in [0.05, 0.1) is 0 Å². The van der Waals surface area contributed by atoms with Gasteiger partial charge in [-0.3, -0.25) is 4.79 Å². The molecule has 1 aromatic carbocycles. The fourth-order valence-electron chi connectivity index (χ4n) is 1.93. The Morgan fingerprint density at radius 1 is 1.32 bits per heavy atom. The second-order valence-corrected chi connectivity index (χ2v) is 5.03. The lowest BCUT2D eigenvalue weighted by Gasteiger charge is -2.16. The maximum Gasteiger partial charge on any atom is 0.251 e. The highest BCUT2D eigenvalue weighted by Crippen LogP contribution is 2.07. The number of rotatable bonds is 7. The van der Waals surface area contributed by atoms with Crippen molar-refractivity contribution in [3.63, 3.8) is 0 Å². The molecule has 0 aromatic heterocycles. The standard InChI is InChI=1S/C15H24N2O2/c1-4-14(9-10-18)16-15(19)13-7-5-12(6-8-13)11-17(2)3/h5-8,14,18H,4,9-11H2,1-3H3,(H,16,19). The molecule has 0 spiro atoms. The third kappa shape index (κ3) is 5.41. The molecule has 0 radical (unpaired) electrons. The molecule has 0 fully saturated rings. The first-order valence-electron chi connectivity index (χ1n) is 6.72. The van der Waals surface area contributed by atoms with Crippen LogP contribution in [0.25, 0.3) is 0 Å². The summed E-state index contributed by atoms with van der Waals surface area (Å²) in [5.74, 6) is -0.0725. The van der Waals surface area contributed by atoms with Crippen LogP contribution in [0.5, 0.6) is 0 Å². The highest BCUT2D eigenvalue weighted by Gasteiger charge is 2.11. The van der Waals surface area contributed by atoms with E-state index in [1.165, 1.54) is 5.56 Å². The zero-order chi connectivity index (χ0) is 14.3. The lowest BCUT2D eigenvalue weighted by atomic mass is 10.1. The Balaban J connectivity index is 2.62. The number of aliphatic hydroxyl groups is 1. The van der Waals surface area contributed by atoms with Crippen LogP contribution in [0.1, 0.15) is 35.7 Å². The van der Waals surface area contributed by atoms with E-state index in [0.29, 0.717) is 12.0 Å². The van der Waals surface area contributed by atoms with Crippen molar-refractivity contribution in [1.82, 2.24) is 10.2 Å². The van der Waals surface area contributed by atoms with Gasteiger partial charge in [0.15, 0.2) is 0 Å². The molecule has 0 aliphatic rings. The first-order chi connectivity index (χ1) is 9.06. The molecule has 0 saturated carbocycles. The number of nitrogens with zero attached hydrogens (tertiary/aromatic N) is 1. The monoisotopic (exact) mass is 264 g/mol. The van der Waals surface area contributed by atoms with Gasteiger partial charge in [-0.25, -0.2) is 0 Å². The van der Waals surface area contributed by atoms with E-state index in [1.807, 2.05) is 45.3 Å². The maximum atomic E-state index is 12.0. The van der Waals surface area contributed by atoms with E-state index in [9.17, 15) is 4.79 Å². The Kier molecular flexibility index (Phi) is 6.53. The topological polar surface area (TPSA) is 52.6 Å². The molecule has 1 aromatic rings. The van der Waals surface area contributed by atoms with Crippen molar-refractivity contribution in [1.29, 1.82) is 0 Å². The number of nitrogens with one attached hydrogen (secondary N) is 1. The van der Waals surface area contributed by atoms with E-state index in [4.69, 9.17) is 5.11 Å². The predicted octanol–water partition coefficient (Wildman–Crippen LogP) is 1.64. The third-order valence-electron chi connectivity index (χ3n) is 3.02. The number of amides is 1. The average Bonchev–Trinajstić information content (AvgIpc) is 2.38. The van der Waals surface area contributed by atoms with Crippen LogP contribution in [0.4, 0.5) is 0 Å². The average molecular weight is 264 g/mol. The van der Waals surface area contributed by atoms with E-state index in [0.717, 1.165) is 13.0 Å². The molecule has 0 bridgehead atoms. The quantitative estimate of drug-likeness (QED) is 0.787. The molecule has 4 nitrogen and oxygen atoms in total. The van der Waals surface area contributed by atoms with Crippen LogP contribution in [0.3, 0.4) is 0 Å². The number of carbonyl (C=O) groups is 1. The lowest BCUT2D eigenvalue weighted by molar-refractivity contribution is 0.0929. The van der Waals surface area contributed by atoms with Gasteiger partial charge in [0.2, 0.25) is 0 Å². The van der Waals surface area contributed by atoms with Crippen LogP contribution in [0, 0.1) is 0 Å². The van der Waals surface area contributed by atoms with Gasteiger partial charge in [-0.1, -0.05) is 19.1 Å². The van der Waals surface area contributed by atoms with Crippen molar-refractivity contribution in [2.75, 3.05) is 20.7 Å². The molecule has 2 N–H and O–H groups in total. The molecular weight excluding hydrogens is 240 g/mol. The van der Waals surface area contributed by atoms with Gasteiger partial charge in [-0.2, -0.15) is 0 Å². The van der Waals surface area contributed by atoms with Gasteiger partial charge in [0.25, 0.3) is 5.91 Å². The largest absolute Gasteiger partial charge is 0.396 e. The molecule has 1 amide bonds. The number of carbonyl (C=O) groups excluding carboxylic acids is 1. The first-order valence-corrected chi connectivity index (χ1v) is 6.72. The van der Waals surface area contributed by atoms with Crippen molar-refractivity contribution in [2.45, 2.75) is 32.4 Å². The molecular formula is C15H24N2O2. The van der Waals surface area contributed by atoms with Crippen LogP contribution in [0.2, 0.25) is 0 Å². The summed E-state index contributed by atoms with van der Waals surface area (Å²) in [6.45, 7) is 2.96. The molecule has 19 heavy (non-hydrogen) atoms. The molecule has 1 rings (SSSR count).